The molecule has 0 unspecified atom stereocenters. The van der Waals surface area contributed by atoms with Crippen LogP contribution in [0.15, 0.2) is 33.9 Å². The molecule has 3 rings (SSSR count). The summed E-state index contributed by atoms with van der Waals surface area (Å²) < 4.78 is 13.5. The Bertz CT molecular complexity index is 702. The second-order valence-corrected chi connectivity index (χ2v) is 8.61. The number of nitrogens with zero attached hydrogens (tertiary/aromatic N) is 2. The number of carbonyl (C=O) groups is 1. The molecule has 0 heterocycles. The number of hydrogen-bond acceptors (Lipinski definition) is 3. The van der Waals surface area contributed by atoms with Gasteiger partial charge in [0.15, 0.2) is 0 Å². The van der Waals surface area contributed by atoms with Crippen LogP contribution in [-0.4, -0.2) is 30.2 Å². The molecule has 1 aromatic carbocycles. The van der Waals surface area contributed by atoms with Crippen LogP contribution in [-0.2, 0) is 4.79 Å². The SMILES string of the molecule is N/C(=N\O)C12CCC(CN(C(=O)CCCF)c3cccc(Br)c3)(CC1)C2. The lowest BCUT2D eigenvalue weighted by molar-refractivity contribution is -0.119. The Morgan fingerprint density at radius 1 is 1.35 bits per heavy atom. The van der Waals surface area contributed by atoms with E-state index in [2.05, 4.69) is 21.1 Å². The Balaban J connectivity index is 1.84. The first kappa shape index (κ1) is 19.1. The van der Waals surface area contributed by atoms with Gasteiger partial charge in [-0.1, -0.05) is 27.2 Å². The zero-order valence-electron chi connectivity index (χ0n) is 14.8. The summed E-state index contributed by atoms with van der Waals surface area (Å²) in [6.07, 6.45) is 4.93. The zero-order chi connectivity index (χ0) is 18.8. The molecule has 5 nitrogen and oxygen atoms in total. The topological polar surface area (TPSA) is 78.9 Å². The van der Waals surface area contributed by atoms with Crippen LogP contribution in [0, 0.1) is 10.8 Å². The molecule has 7 heteroatoms. The Morgan fingerprint density at radius 2 is 2.08 bits per heavy atom. The Hall–Kier alpha value is -1.63. The minimum Gasteiger partial charge on any atom is -0.409 e. The van der Waals surface area contributed by atoms with Crippen LogP contribution >= 0.6 is 15.9 Å². The average Bonchev–Trinajstić information content (AvgIpc) is 3.21. The van der Waals surface area contributed by atoms with Gasteiger partial charge < -0.3 is 15.8 Å². The number of alkyl halides is 1. The highest BCUT2D eigenvalue weighted by Crippen LogP contribution is 2.62. The fraction of sp³-hybridized carbons (Fsp3) is 0.579. The number of amides is 1. The van der Waals surface area contributed by atoms with E-state index in [9.17, 15) is 9.18 Å². The lowest BCUT2D eigenvalue weighted by Gasteiger charge is -2.34. The van der Waals surface area contributed by atoms with Gasteiger partial charge in [0.2, 0.25) is 5.91 Å². The first-order chi connectivity index (χ1) is 12.4. The summed E-state index contributed by atoms with van der Waals surface area (Å²) >= 11 is 3.46. The lowest BCUT2D eigenvalue weighted by atomic mass is 9.81. The van der Waals surface area contributed by atoms with E-state index < -0.39 is 6.67 Å². The summed E-state index contributed by atoms with van der Waals surface area (Å²) in [4.78, 5) is 14.6. The van der Waals surface area contributed by atoms with Gasteiger partial charge in [0.1, 0.15) is 5.84 Å². The van der Waals surface area contributed by atoms with Crippen LogP contribution in [0.5, 0.6) is 0 Å². The Labute approximate surface area is 161 Å². The van der Waals surface area contributed by atoms with Crippen molar-refractivity contribution in [3.8, 4) is 0 Å². The second-order valence-electron chi connectivity index (χ2n) is 7.69. The van der Waals surface area contributed by atoms with Crippen molar-refractivity contribution in [1.82, 2.24) is 0 Å². The molecule has 26 heavy (non-hydrogen) atoms. The van der Waals surface area contributed by atoms with Crippen molar-refractivity contribution in [3.05, 3.63) is 28.7 Å². The molecular formula is C19H25BrFN3O2. The van der Waals surface area contributed by atoms with Gasteiger partial charge in [0.25, 0.3) is 0 Å². The number of carbonyl (C=O) groups excluding carboxylic acids is 1. The minimum absolute atomic E-state index is 0.0248. The van der Waals surface area contributed by atoms with Gasteiger partial charge in [0.05, 0.1) is 6.67 Å². The van der Waals surface area contributed by atoms with Crippen molar-refractivity contribution >= 4 is 33.4 Å². The van der Waals surface area contributed by atoms with E-state index in [1.807, 2.05) is 24.3 Å². The second kappa shape index (κ2) is 7.55. The largest absolute Gasteiger partial charge is 0.409 e. The molecule has 3 N–H and O–H groups in total. The molecule has 2 aliphatic carbocycles. The van der Waals surface area contributed by atoms with E-state index in [4.69, 9.17) is 10.9 Å². The third kappa shape index (κ3) is 3.59. The fourth-order valence-electron chi connectivity index (χ4n) is 4.65. The smallest absolute Gasteiger partial charge is 0.227 e. The number of anilines is 1. The molecule has 0 aromatic heterocycles. The van der Waals surface area contributed by atoms with Gasteiger partial charge in [0, 0.05) is 28.5 Å². The summed E-state index contributed by atoms with van der Waals surface area (Å²) in [6, 6.07) is 7.65. The standard InChI is InChI=1S/C19H25BrFN3O2/c20-14-3-1-4-15(11-14)24(16(25)5-2-10-21)13-18-6-8-19(12-18,9-7-18)17(22)23-26/h1,3-4,11,26H,2,5-10,12-13H2,(H2,22,23). The number of oxime groups is 1. The molecule has 142 valence electrons. The molecule has 1 aromatic rings. The lowest BCUT2D eigenvalue weighted by Crippen LogP contribution is -2.40. The first-order valence-electron chi connectivity index (χ1n) is 9.04. The monoisotopic (exact) mass is 425 g/mol. The molecule has 0 spiro atoms. The minimum atomic E-state index is -0.490. The molecule has 2 aliphatic rings. The molecule has 0 saturated heterocycles. The zero-order valence-corrected chi connectivity index (χ0v) is 16.3. The van der Waals surface area contributed by atoms with Crippen LogP contribution in [0.3, 0.4) is 0 Å². The number of amidine groups is 1. The molecule has 1 amide bonds. The van der Waals surface area contributed by atoms with Gasteiger partial charge in [-0.2, -0.15) is 0 Å². The predicted molar refractivity (Wildman–Crippen MR) is 103 cm³/mol. The maximum atomic E-state index is 12.8. The van der Waals surface area contributed by atoms with Crippen LogP contribution in [0.25, 0.3) is 0 Å². The molecule has 2 bridgehead atoms. The van der Waals surface area contributed by atoms with E-state index in [-0.39, 0.29) is 29.6 Å². The summed E-state index contributed by atoms with van der Waals surface area (Å²) in [5.74, 6) is 0.262. The highest BCUT2D eigenvalue weighted by atomic mass is 79.9. The molecule has 0 atom stereocenters. The number of fused-ring (bicyclic) bond motifs is 2. The predicted octanol–water partition coefficient (Wildman–Crippen LogP) is 4.23. The number of halogens is 2. The highest BCUT2D eigenvalue weighted by Gasteiger charge is 2.57. The normalized spacial score (nSPS) is 27.7. The summed E-state index contributed by atoms with van der Waals surface area (Å²) in [7, 11) is 0. The average molecular weight is 426 g/mol. The summed E-state index contributed by atoms with van der Waals surface area (Å²) in [5.41, 5.74) is 6.53. The first-order valence-corrected chi connectivity index (χ1v) is 9.83. The molecule has 0 aliphatic heterocycles. The van der Waals surface area contributed by atoms with Gasteiger partial charge in [-0.05, 0) is 62.1 Å². The van der Waals surface area contributed by atoms with Crippen molar-refractivity contribution in [2.24, 2.45) is 21.7 Å². The van der Waals surface area contributed by atoms with E-state index in [1.54, 1.807) is 4.90 Å². The fourth-order valence-corrected chi connectivity index (χ4v) is 5.04. The third-order valence-corrected chi connectivity index (χ3v) is 6.56. The molecule has 2 saturated carbocycles. The number of hydrogen-bond donors (Lipinski definition) is 2. The van der Waals surface area contributed by atoms with Crippen molar-refractivity contribution < 1.29 is 14.4 Å². The summed E-state index contributed by atoms with van der Waals surface area (Å²) in [5, 5.41) is 12.4. The van der Waals surface area contributed by atoms with Gasteiger partial charge >= 0.3 is 0 Å². The summed E-state index contributed by atoms with van der Waals surface area (Å²) in [6.45, 7) is 0.102. The number of rotatable bonds is 7. The maximum Gasteiger partial charge on any atom is 0.227 e. The quantitative estimate of drug-likeness (QED) is 0.297. The van der Waals surface area contributed by atoms with E-state index in [0.717, 1.165) is 42.3 Å². The van der Waals surface area contributed by atoms with Crippen LogP contribution in [0.1, 0.15) is 44.9 Å². The molecular weight excluding hydrogens is 401 g/mol. The van der Waals surface area contributed by atoms with Gasteiger partial charge in [-0.25, -0.2) is 0 Å². The van der Waals surface area contributed by atoms with Crippen LogP contribution in [0.4, 0.5) is 10.1 Å². The van der Waals surface area contributed by atoms with E-state index in [1.165, 1.54) is 0 Å². The van der Waals surface area contributed by atoms with Gasteiger partial charge in [-0.3, -0.25) is 9.18 Å². The van der Waals surface area contributed by atoms with Crippen LogP contribution < -0.4 is 10.6 Å². The van der Waals surface area contributed by atoms with E-state index in [0.29, 0.717) is 12.4 Å². The molecule has 2 fully saturated rings. The Kier molecular flexibility index (Phi) is 5.55. The Morgan fingerprint density at radius 3 is 2.69 bits per heavy atom. The third-order valence-electron chi connectivity index (χ3n) is 6.07. The van der Waals surface area contributed by atoms with Crippen LogP contribution in [0.2, 0.25) is 0 Å². The van der Waals surface area contributed by atoms with Crippen molar-refractivity contribution in [1.29, 1.82) is 0 Å². The molecule has 0 radical (unpaired) electrons. The number of nitrogens with two attached hydrogens (primary N) is 1. The van der Waals surface area contributed by atoms with Crippen molar-refractivity contribution in [3.63, 3.8) is 0 Å². The van der Waals surface area contributed by atoms with Gasteiger partial charge in [-0.15, -0.1) is 0 Å². The van der Waals surface area contributed by atoms with Crippen molar-refractivity contribution in [2.45, 2.75) is 44.9 Å². The highest BCUT2D eigenvalue weighted by molar-refractivity contribution is 9.10. The number of benzene rings is 1. The maximum absolute atomic E-state index is 12.8. The van der Waals surface area contributed by atoms with E-state index >= 15 is 0 Å². The van der Waals surface area contributed by atoms with Crippen molar-refractivity contribution in [2.75, 3.05) is 18.1 Å².